The van der Waals surface area contributed by atoms with Gasteiger partial charge in [-0.1, -0.05) is 19.1 Å². The summed E-state index contributed by atoms with van der Waals surface area (Å²) in [6, 6.07) is 3.24. The van der Waals surface area contributed by atoms with Crippen LogP contribution in [-0.4, -0.2) is 62.7 Å². The van der Waals surface area contributed by atoms with E-state index in [1.54, 1.807) is 73.7 Å². The van der Waals surface area contributed by atoms with E-state index in [-0.39, 0.29) is 30.4 Å². The highest BCUT2D eigenvalue weighted by Crippen LogP contribution is 2.36. The van der Waals surface area contributed by atoms with E-state index in [0.717, 1.165) is 0 Å². The Balaban J connectivity index is 2.11. The molecule has 0 unspecified atom stereocenters. The van der Waals surface area contributed by atoms with Crippen LogP contribution >= 0.6 is 0 Å². The van der Waals surface area contributed by atoms with Gasteiger partial charge in [0.2, 0.25) is 0 Å². The molecule has 0 saturated carbocycles. The van der Waals surface area contributed by atoms with Crippen LogP contribution in [0.3, 0.4) is 0 Å². The van der Waals surface area contributed by atoms with Crippen LogP contribution < -0.4 is 9.64 Å². The number of rotatable bonds is 4. The smallest absolute Gasteiger partial charge is 0.414 e. The van der Waals surface area contributed by atoms with Crippen molar-refractivity contribution in [1.29, 1.82) is 0 Å². The Bertz CT molecular complexity index is 1140. The number of carbonyl (C=O) groups is 2. The van der Waals surface area contributed by atoms with Gasteiger partial charge in [-0.15, -0.1) is 0 Å². The molecule has 1 aromatic carbocycles. The van der Waals surface area contributed by atoms with Crippen LogP contribution in [0.15, 0.2) is 30.1 Å². The summed E-state index contributed by atoms with van der Waals surface area (Å²) in [5, 5.41) is 0. The van der Waals surface area contributed by atoms with E-state index in [2.05, 4.69) is 0 Å². The SMILES string of the molecule is COCOc1cc(N(C)C(=O)OC(C)(C)C)cc2c1C(=O)O[C@@H](C)[C@H](C)/C=C(/F)C[C@H]1OC(C)(C)O[C@H]1CC=C2. The van der Waals surface area contributed by atoms with Crippen LogP contribution in [0.2, 0.25) is 0 Å². The van der Waals surface area contributed by atoms with E-state index in [1.165, 1.54) is 18.1 Å². The van der Waals surface area contributed by atoms with Gasteiger partial charge in [0.05, 0.1) is 23.7 Å². The molecule has 0 spiro atoms. The molecule has 3 rings (SSSR count). The van der Waals surface area contributed by atoms with Crippen LogP contribution in [0, 0.1) is 5.92 Å². The predicted octanol–water partition coefficient (Wildman–Crippen LogP) is 6.40. The first-order valence-corrected chi connectivity index (χ1v) is 13.5. The minimum absolute atomic E-state index is 0.0450. The third-order valence-electron chi connectivity index (χ3n) is 6.53. The Hall–Kier alpha value is -2.95. The standard InChI is InChI=1S/C30H42FNO8/c1-18-13-21(31)15-24-23(38-30(6,7)39-24)12-10-11-20-14-22(32(8)28(34)40-29(3,4)5)16-25(36-17-35-9)26(20)27(33)37-19(18)2/h10-11,13-14,16,18-19,23-24H,12,15,17H2,1-9H3/b11-10?,21-13+/t18-,19+,23+,24-/m1/s1. The van der Waals surface area contributed by atoms with Gasteiger partial charge < -0.3 is 28.4 Å². The van der Waals surface area contributed by atoms with Gasteiger partial charge in [-0.3, -0.25) is 4.90 Å². The number of carbonyl (C=O) groups excluding carboxylic acids is 2. The van der Waals surface area contributed by atoms with Crippen molar-refractivity contribution in [3.05, 3.63) is 41.2 Å². The lowest BCUT2D eigenvalue weighted by Crippen LogP contribution is -2.34. The van der Waals surface area contributed by atoms with Crippen LogP contribution in [0.5, 0.6) is 5.75 Å². The second kappa shape index (κ2) is 12.7. The van der Waals surface area contributed by atoms with Crippen molar-refractivity contribution in [2.24, 2.45) is 5.92 Å². The zero-order valence-corrected chi connectivity index (χ0v) is 24.9. The molecule has 40 heavy (non-hydrogen) atoms. The van der Waals surface area contributed by atoms with Crippen molar-refractivity contribution < 1.29 is 42.4 Å². The van der Waals surface area contributed by atoms with E-state index >= 15 is 0 Å². The molecule has 1 aromatic rings. The summed E-state index contributed by atoms with van der Waals surface area (Å²) in [6.07, 6.45) is 3.33. The highest BCUT2D eigenvalue weighted by Gasteiger charge is 2.41. The fraction of sp³-hybridized carbons (Fsp3) is 0.600. The molecule has 0 aromatic heterocycles. The number of halogens is 1. The molecule has 2 aliphatic rings. The number of benzene rings is 1. The van der Waals surface area contributed by atoms with E-state index in [0.29, 0.717) is 17.7 Å². The summed E-state index contributed by atoms with van der Waals surface area (Å²) < 4.78 is 49.2. The van der Waals surface area contributed by atoms with Gasteiger partial charge in [0.25, 0.3) is 0 Å². The van der Waals surface area contributed by atoms with Gasteiger partial charge in [-0.2, -0.15) is 0 Å². The lowest BCUT2D eigenvalue weighted by Gasteiger charge is -2.26. The third-order valence-corrected chi connectivity index (χ3v) is 6.53. The van der Waals surface area contributed by atoms with Gasteiger partial charge in [-0.25, -0.2) is 14.0 Å². The normalized spacial score (nSPS) is 26.4. The quantitative estimate of drug-likeness (QED) is 0.307. The second-order valence-corrected chi connectivity index (χ2v) is 11.6. The molecule has 2 aliphatic heterocycles. The summed E-state index contributed by atoms with van der Waals surface area (Å²) in [4.78, 5) is 27.7. The molecule has 4 atom stereocenters. The van der Waals surface area contributed by atoms with Crippen LogP contribution in [0.4, 0.5) is 14.9 Å². The summed E-state index contributed by atoms with van der Waals surface area (Å²) >= 11 is 0. The topological polar surface area (TPSA) is 92.8 Å². The van der Waals surface area contributed by atoms with Crippen molar-refractivity contribution >= 4 is 23.8 Å². The van der Waals surface area contributed by atoms with Gasteiger partial charge in [0.1, 0.15) is 23.0 Å². The first kappa shape index (κ1) is 31.6. The Morgan fingerprint density at radius 3 is 2.50 bits per heavy atom. The average molecular weight is 564 g/mol. The zero-order valence-electron chi connectivity index (χ0n) is 24.9. The molecule has 0 N–H and O–H groups in total. The van der Waals surface area contributed by atoms with Crippen molar-refractivity contribution in [3.63, 3.8) is 0 Å². The fourth-order valence-corrected chi connectivity index (χ4v) is 4.46. The highest BCUT2D eigenvalue weighted by molar-refractivity contribution is 5.99. The summed E-state index contributed by atoms with van der Waals surface area (Å²) in [7, 11) is 3.03. The minimum atomic E-state index is -0.863. The van der Waals surface area contributed by atoms with Crippen molar-refractivity contribution in [1.82, 2.24) is 0 Å². The van der Waals surface area contributed by atoms with Crippen LogP contribution in [-0.2, 0) is 23.7 Å². The number of methoxy groups -OCH3 is 1. The second-order valence-electron chi connectivity index (χ2n) is 11.6. The van der Waals surface area contributed by atoms with Crippen molar-refractivity contribution in [2.75, 3.05) is 25.9 Å². The Kier molecular flexibility index (Phi) is 10.0. The number of hydrogen-bond acceptors (Lipinski definition) is 8. The summed E-state index contributed by atoms with van der Waals surface area (Å²) in [5.41, 5.74) is 0.337. The molecular formula is C30H42FNO8. The van der Waals surface area contributed by atoms with E-state index in [9.17, 15) is 14.0 Å². The van der Waals surface area contributed by atoms with Gasteiger partial charge in [0.15, 0.2) is 12.6 Å². The number of anilines is 1. The van der Waals surface area contributed by atoms with Gasteiger partial charge in [0, 0.05) is 32.6 Å². The van der Waals surface area contributed by atoms with Crippen LogP contribution in [0.25, 0.3) is 6.08 Å². The molecule has 0 aliphatic carbocycles. The first-order chi connectivity index (χ1) is 18.6. The van der Waals surface area contributed by atoms with Crippen molar-refractivity contribution in [2.45, 2.75) is 91.0 Å². The summed E-state index contributed by atoms with van der Waals surface area (Å²) in [6.45, 7) is 12.3. The molecule has 1 saturated heterocycles. The Labute approximate surface area is 236 Å². The molecule has 10 heteroatoms. The molecule has 2 heterocycles. The van der Waals surface area contributed by atoms with Crippen LogP contribution in [0.1, 0.15) is 77.2 Å². The number of nitrogens with zero attached hydrogens (tertiary/aromatic N) is 1. The molecule has 0 radical (unpaired) electrons. The van der Waals surface area contributed by atoms with Crippen molar-refractivity contribution in [3.8, 4) is 5.75 Å². The third kappa shape index (κ3) is 8.28. The number of amides is 1. The lowest BCUT2D eigenvalue weighted by atomic mass is 9.99. The number of ether oxygens (including phenoxy) is 6. The summed E-state index contributed by atoms with van der Waals surface area (Å²) in [5.74, 6) is -2.13. The maximum absolute atomic E-state index is 15.0. The minimum Gasteiger partial charge on any atom is -0.467 e. The molecule has 1 amide bonds. The molecule has 222 valence electrons. The van der Waals surface area contributed by atoms with E-state index < -0.39 is 47.7 Å². The monoisotopic (exact) mass is 563 g/mol. The Morgan fingerprint density at radius 2 is 1.85 bits per heavy atom. The number of hydrogen-bond donors (Lipinski definition) is 0. The first-order valence-electron chi connectivity index (χ1n) is 13.5. The molecule has 9 nitrogen and oxygen atoms in total. The maximum Gasteiger partial charge on any atom is 0.414 e. The maximum atomic E-state index is 15.0. The molecular weight excluding hydrogens is 521 g/mol. The van der Waals surface area contributed by atoms with E-state index in [1.807, 2.05) is 6.08 Å². The van der Waals surface area contributed by atoms with Gasteiger partial charge in [-0.05, 0) is 65.7 Å². The van der Waals surface area contributed by atoms with E-state index in [4.69, 9.17) is 28.4 Å². The highest BCUT2D eigenvalue weighted by atomic mass is 19.1. The number of esters is 1. The predicted molar refractivity (Wildman–Crippen MR) is 149 cm³/mol. The number of cyclic esters (lactones) is 1. The molecule has 0 bridgehead atoms. The van der Waals surface area contributed by atoms with Gasteiger partial charge >= 0.3 is 12.1 Å². The number of fused-ring (bicyclic) bond motifs is 2. The largest absolute Gasteiger partial charge is 0.467 e. The fourth-order valence-electron chi connectivity index (χ4n) is 4.46. The lowest BCUT2D eigenvalue weighted by molar-refractivity contribution is -0.146. The average Bonchev–Trinajstić information content (AvgIpc) is 3.12. The molecule has 1 fully saturated rings. The Morgan fingerprint density at radius 1 is 1.18 bits per heavy atom. The zero-order chi connectivity index (χ0) is 29.8.